The number of nitrogens with zero attached hydrogens (tertiary/aromatic N) is 3. The molecule has 2 aromatic carbocycles. The van der Waals surface area contributed by atoms with Crippen molar-refractivity contribution in [3.05, 3.63) is 115 Å². The number of amides is 1. The van der Waals surface area contributed by atoms with E-state index in [4.69, 9.17) is 13.9 Å². The van der Waals surface area contributed by atoms with E-state index in [2.05, 4.69) is 11.9 Å². The van der Waals surface area contributed by atoms with Crippen molar-refractivity contribution >= 4 is 40.4 Å². The van der Waals surface area contributed by atoms with Crippen LogP contribution in [0.1, 0.15) is 73.7 Å². The van der Waals surface area contributed by atoms with Gasteiger partial charge in [0.15, 0.2) is 4.80 Å². The van der Waals surface area contributed by atoms with Crippen LogP contribution in [0.3, 0.4) is 0 Å². The first-order chi connectivity index (χ1) is 22.3. The van der Waals surface area contributed by atoms with Gasteiger partial charge in [0.1, 0.15) is 10.3 Å². The van der Waals surface area contributed by atoms with Crippen LogP contribution in [-0.2, 0) is 14.3 Å². The molecule has 10 nitrogen and oxygen atoms in total. The Morgan fingerprint density at radius 2 is 1.72 bits per heavy atom. The highest BCUT2D eigenvalue weighted by molar-refractivity contribution is 7.07. The second kappa shape index (κ2) is 13.1. The average molecular weight is 640 g/mol. The van der Waals surface area contributed by atoms with Crippen molar-refractivity contribution in [2.24, 2.45) is 4.99 Å². The maximum Gasteiger partial charge on any atom is 0.379 e. The van der Waals surface area contributed by atoms with Gasteiger partial charge in [-0.05, 0) is 49.2 Å². The molecule has 2 aromatic heterocycles. The molecule has 0 spiro atoms. The number of aromatic nitrogens is 1. The van der Waals surface area contributed by atoms with E-state index in [1.54, 1.807) is 42.2 Å². The Hall–Kier alpha value is -5.03. The van der Waals surface area contributed by atoms with Gasteiger partial charge in [-0.15, -0.1) is 0 Å². The summed E-state index contributed by atoms with van der Waals surface area (Å²) in [6.45, 7) is 4.42. The molecule has 0 unspecified atom stereocenters. The number of para-hydroxylation sites is 1. The number of carbonyl (C=O) groups excluding carboxylic acids is 3. The average Bonchev–Trinajstić information content (AvgIpc) is 3.78. The first-order valence-electron chi connectivity index (χ1n) is 15.2. The molecule has 0 saturated carbocycles. The lowest BCUT2D eigenvalue weighted by atomic mass is 9.96. The predicted octanol–water partition coefficient (Wildman–Crippen LogP) is 4.91. The summed E-state index contributed by atoms with van der Waals surface area (Å²) < 4.78 is 17.3. The van der Waals surface area contributed by atoms with Crippen molar-refractivity contribution in [1.29, 1.82) is 0 Å². The highest BCUT2D eigenvalue weighted by Crippen LogP contribution is 2.36. The highest BCUT2D eigenvalue weighted by Gasteiger charge is 2.37. The molecule has 6 rings (SSSR count). The predicted molar refractivity (Wildman–Crippen MR) is 172 cm³/mol. The van der Waals surface area contributed by atoms with Crippen LogP contribution in [-0.4, -0.2) is 36.1 Å². The Bertz CT molecular complexity index is 2020. The van der Waals surface area contributed by atoms with E-state index in [0.29, 0.717) is 33.7 Å². The molecule has 0 N–H and O–H groups in total. The van der Waals surface area contributed by atoms with E-state index in [1.807, 2.05) is 24.3 Å². The molecule has 11 heteroatoms. The van der Waals surface area contributed by atoms with Gasteiger partial charge >= 0.3 is 11.9 Å². The number of fused-ring (bicyclic) bond motifs is 2. The number of esters is 2. The highest BCUT2D eigenvalue weighted by atomic mass is 32.1. The molecule has 0 fully saturated rings. The minimum Gasteiger partial charge on any atom is -0.466 e. The molecule has 2 aliphatic heterocycles. The Morgan fingerprint density at radius 3 is 2.43 bits per heavy atom. The second-order valence-electron chi connectivity index (χ2n) is 11.1. The third-order valence-corrected chi connectivity index (χ3v) is 9.22. The van der Waals surface area contributed by atoms with E-state index >= 15 is 0 Å². The van der Waals surface area contributed by atoms with Crippen LogP contribution in [0.4, 0.5) is 5.69 Å². The summed E-state index contributed by atoms with van der Waals surface area (Å²) in [7, 11) is 1.27. The van der Waals surface area contributed by atoms with E-state index in [0.717, 1.165) is 49.1 Å². The summed E-state index contributed by atoms with van der Waals surface area (Å²) in [6, 6.07) is 16.2. The molecule has 0 radical (unpaired) electrons. The number of methoxy groups -OCH3 is 1. The maximum absolute atomic E-state index is 14.4. The Morgan fingerprint density at radius 1 is 0.957 bits per heavy atom. The molecule has 2 aliphatic rings. The SMILES string of the molecule is CCCCCCCN1C(=O)/C(=c2\sc3n(c2=O)[C@H](c2ccc(OC(=O)c4ccco4)cc2)C(C(=O)OC)=C(C)N=3)c2ccccc21. The number of hydrogen-bond donors (Lipinski definition) is 0. The zero-order valence-corrected chi connectivity index (χ0v) is 26.6. The number of rotatable bonds is 10. The van der Waals surface area contributed by atoms with Gasteiger partial charge < -0.3 is 18.8 Å². The van der Waals surface area contributed by atoms with Crippen molar-refractivity contribution in [2.75, 3.05) is 18.6 Å². The number of allylic oxidation sites excluding steroid dienone is 1. The van der Waals surface area contributed by atoms with Gasteiger partial charge in [0.25, 0.3) is 11.5 Å². The van der Waals surface area contributed by atoms with E-state index < -0.39 is 23.5 Å². The van der Waals surface area contributed by atoms with Crippen LogP contribution in [0.15, 0.2) is 92.4 Å². The topological polar surface area (TPSA) is 120 Å². The van der Waals surface area contributed by atoms with Crippen LogP contribution in [0, 0.1) is 0 Å². The zero-order valence-electron chi connectivity index (χ0n) is 25.8. The quantitative estimate of drug-likeness (QED) is 0.137. The fraction of sp³-hybridized carbons (Fsp3) is 0.286. The fourth-order valence-electron chi connectivity index (χ4n) is 5.92. The minimum atomic E-state index is -0.894. The number of thiazole rings is 1. The number of unbranched alkanes of at least 4 members (excludes halogenated alkanes) is 4. The molecule has 1 amide bonds. The molecular weight excluding hydrogens is 606 g/mol. The smallest absolute Gasteiger partial charge is 0.379 e. The molecule has 236 valence electrons. The van der Waals surface area contributed by atoms with Crippen molar-refractivity contribution in [3.63, 3.8) is 0 Å². The monoisotopic (exact) mass is 639 g/mol. The summed E-state index contributed by atoms with van der Waals surface area (Å²) in [5.41, 5.74) is 2.55. The molecule has 4 aromatic rings. The molecular formula is C35H33N3O7S. The van der Waals surface area contributed by atoms with E-state index in [-0.39, 0.29) is 27.5 Å². The van der Waals surface area contributed by atoms with Gasteiger partial charge in [-0.1, -0.05) is 74.3 Å². The van der Waals surface area contributed by atoms with Crippen LogP contribution >= 0.6 is 11.3 Å². The molecule has 46 heavy (non-hydrogen) atoms. The standard InChI is InChI=1S/C35H33N3O7S/c1-4-5-6-7-10-19-37-25-13-9-8-12-24(25)28(31(37)39)30-32(40)38-29(27(34(42)43-3)21(2)36-35(38)46-30)22-15-17-23(18-16-22)45-33(41)26-14-11-20-44-26/h8-9,11-18,20,29H,4-7,10,19H2,1-3H3/b30-28-/t29-/m1/s1. The van der Waals surface area contributed by atoms with Gasteiger partial charge in [0.2, 0.25) is 5.76 Å². The number of hydrogen-bond acceptors (Lipinski definition) is 9. The summed E-state index contributed by atoms with van der Waals surface area (Å²) >= 11 is 1.13. The summed E-state index contributed by atoms with van der Waals surface area (Å²) in [5, 5.41) is 0. The van der Waals surface area contributed by atoms with E-state index in [9.17, 15) is 19.2 Å². The zero-order chi connectivity index (χ0) is 32.4. The number of benzene rings is 2. The largest absolute Gasteiger partial charge is 0.466 e. The van der Waals surface area contributed by atoms with Crippen LogP contribution in [0.2, 0.25) is 0 Å². The first-order valence-corrected chi connectivity index (χ1v) is 16.1. The number of carbonyl (C=O) groups is 3. The normalized spacial score (nSPS) is 16.6. The lowest BCUT2D eigenvalue weighted by Gasteiger charge is -2.24. The number of anilines is 1. The van der Waals surface area contributed by atoms with Crippen molar-refractivity contribution in [2.45, 2.75) is 52.0 Å². The van der Waals surface area contributed by atoms with Gasteiger partial charge in [0.05, 0.1) is 41.9 Å². The third kappa shape index (κ3) is 5.62. The summed E-state index contributed by atoms with van der Waals surface area (Å²) in [5.74, 6) is -1.20. The van der Waals surface area contributed by atoms with Crippen molar-refractivity contribution in [3.8, 4) is 5.75 Å². The van der Waals surface area contributed by atoms with Crippen LogP contribution in [0.5, 0.6) is 5.75 Å². The second-order valence-corrected chi connectivity index (χ2v) is 12.1. The van der Waals surface area contributed by atoms with Gasteiger partial charge in [-0.2, -0.15) is 0 Å². The van der Waals surface area contributed by atoms with Crippen LogP contribution in [0.25, 0.3) is 5.57 Å². The van der Waals surface area contributed by atoms with Gasteiger partial charge in [0, 0.05) is 12.1 Å². The summed E-state index contributed by atoms with van der Waals surface area (Å²) in [4.78, 5) is 60.6. The Kier molecular flexibility index (Phi) is 8.85. The lowest BCUT2D eigenvalue weighted by molar-refractivity contribution is -0.136. The third-order valence-electron chi connectivity index (χ3n) is 8.17. The number of ether oxygens (including phenoxy) is 2. The van der Waals surface area contributed by atoms with Crippen molar-refractivity contribution in [1.82, 2.24) is 4.57 Å². The Labute approximate surface area is 268 Å². The van der Waals surface area contributed by atoms with Gasteiger partial charge in [-0.25, -0.2) is 14.6 Å². The molecule has 0 saturated heterocycles. The van der Waals surface area contributed by atoms with E-state index in [1.165, 1.54) is 24.0 Å². The van der Waals surface area contributed by atoms with Gasteiger partial charge in [-0.3, -0.25) is 14.2 Å². The van der Waals surface area contributed by atoms with Crippen molar-refractivity contribution < 1.29 is 28.3 Å². The number of furan rings is 1. The summed E-state index contributed by atoms with van der Waals surface area (Å²) in [6.07, 6.45) is 6.67. The maximum atomic E-state index is 14.4. The van der Waals surface area contributed by atoms with Crippen LogP contribution < -0.4 is 24.5 Å². The molecule has 4 heterocycles. The fourth-order valence-corrected chi connectivity index (χ4v) is 7.06. The molecule has 0 bridgehead atoms. The molecule has 0 aliphatic carbocycles. The minimum absolute atomic E-state index is 0.0575. The Balaban J connectivity index is 1.43. The lowest BCUT2D eigenvalue weighted by Crippen LogP contribution is -2.41. The first kappa shape index (κ1) is 31.0. The molecule has 1 atom stereocenters.